The molecule has 1 atom stereocenters. The Morgan fingerprint density at radius 2 is 2.03 bits per heavy atom. The van der Waals surface area contributed by atoms with Crippen LogP contribution < -0.4 is 10.5 Å². The average molecular weight is 456 g/mol. The third-order valence-corrected chi connectivity index (χ3v) is 5.51. The third kappa shape index (κ3) is 3.95. The van der Waals surface area contributed by atoms with Crippen molar-refractivity contribution in [3.63, 3.8) is 0 Å². The van der Waals surface area contributed by atoms with Gasteiger partial charge in [0.2, 0.25) is 0 Å². The molecule has 1 aliphatic rings. The minimum Gasteiger partial charge on any atom is -0.433 e. The second kappa shape index (κ2) is 8.37. The van der Waals surface area contributed by atoms with Crippen LogP contribution in [0.15, 0.2) is 30.5 Å². The molecular weight excluding hydrogens is 439 g/mol. The quantitative estimate of drug-likeness (QED) is 0.408. The van der Waals surface area contributed by atoms with E-state index in [9.17, 15) is 13.6 Å². The van der Waals surface area contributed by atoms with Crippen LogP contribution in [0.1, 0.15) is 41.4 Å². The van der Waals surface area contributed by atoms with Crippen molar-refractivity contribution >= 4 is 45.6 Å². The molecule has 0 bridgehead atoms. The first-order chi connectivity index (χ1) is 14.3. The summed E-state index contributed by atoms with van der Waals surface area (Å²) in [4.78, 5) is 13.2. The van der Waals surface area contributed by atoms with Crippen molar-refractivity contribution in [3.8, 4) is 5.75 Å². The number of ether oxygens (including phenoxy) is 2. The smallest absolute Gasteiger partial charge is 0.387 e. The SMILES string of the molecule is Nc1cc(OC(F)F)c(Cl)cc1C(=O)c1ccc(Cl)c2nn(C3CCCCO3)cc12. The summed E-state index contributed by atoms with van der Waals surface area (Å²) in [7, 11) is 0. The zero-order chi connectivity index (χ0) is 21.4. The van der Waals surface area contributed by atoms with E-state index in [-0.39, 0.29) is 28.3 Å². The van der Waals surface area contributed by atoms with Crippen LogP contribution in [0.5, 0.6) is 5.75 Å². The first-order valence-corrected chi connectivity index (χ1v) is 9.98. The van der Waals surface area contributed by atoms with E-state index < -0.39 is 12.4 Å². The van der Waals surface area contributed by atoms with Crippen molar-refractivity contribution in [2.75, 3.05) is 12.3 Å². The maximum absolute atomic E-state index is 13.2. The van der Waals surface area contributed by atoms with Crippen LogP contribution in [0.2, 0.25) is 10.0 Å². The number of carbonyl (C=O) groups is 1. The molecule has 4 rings (SSSR count). The zero-order valence-electron chi connectivity index (χ0n) is 15.6. The highest BCUT2D eigenvalue weighted by molar-refractivity contribution is 6.36. The van der Waals surface area contributed by atoms with Gasteiger partial charge in [-0.05, 0) is 37.5 Å². The van der Waals surface area contributed by atoms with Crippen molar-refractivity contribution < 1.29 is 23.0 Å². The fourth-order valence-corrected chi connectivity index (χ4v) is 3.88. The van der Waals surface area contributed by atoms with Crippen molar-refractivity contribution in [2.45, 2.75) is 32.1 Å². The van der Waals surface area contributed by atoms with Gasteiger partial charge in [0.15, 0.2) is 5.78 Å². The third-order valence-electron chi connectivity index (χ3n) is 4.90. The summed E-state index contributed by atoms with van der Waals surface area (Å²) in [5.74, 6) is -0.743. The first kappa shape index (κ1) is 20.8. The molecule has 0 saturated carbocycles. The number of anilines is 1. The Kier molecular flexibility index (Phi) is 5.81. The molecule has 2 aromatic carbocycles. The van der Waals surface area contributed by atoms with Gasteiger partial charge in [0.1, 0.15) is 17.5 Å². The van der Waals surface area contributed by atoms with Crippen LogP contribution in [-0.4, -0.2) is 28.8 Å². The monoisotopic (exact) mass is 455 g/mol. The van der Waals surface area contributed by atoms with Gasteiger partial charge in [-0.15, -0.1) is 0 Å². The molecule has 6 nitrogen and oxygen atoms in total. The molecule has 1 saturated heterocycles. The molecule has 1 aliphatic heterocycles. The highest BCUT2D eigenvalue weighted by atomic mass is 35.5. The molecule has 0 amide bonds. The van der Waals surface area contributed by atoms with E-state index in [0.717, 1.165) is 25.3 Å². The summed E-state index contributed by atoms with van der Waals surface area (Å²) >= 11 is 12.3. The predicted molar refractivity (Wildman–Crippen MR) is 110 cm³/mol. The van der Waals surface area contributed by atoms with Crippen molar-refractivity contribution in [1.82, 2.24) is 9.78 Å². The van der Waals surface area contributed by atoms with Gasteiger partial charge in [-0.3, -0.25) is 4.79 Å². The van der Waals surface area contributed by atoms with Gasteiger partial charge >= 0.3 is 6.61 Å². The lowest BCUT2D eigenvalue weighted by Crippen LogP contribution is -2.18. The second-order valence-electron chi connectivity index (χ2n) is 6.87. The van der Waals surface area contributed by atoms with E-state index in [1.54, 1.807) is 23.0 Å². The molecule has 2 heterocycles. The molecule has 30 heavy (non-hydrogen) atoms. The summed E-state index contributed by atoms with van der Waals surface area (Å²) in [5.41, 5.74) is 6.72. The number of hydrogen-bond donors (Lipinski definition) is 1. The van der Waals surface area contributed by atoms with Crippen molar-refractivity contribution in [2.24, 2.45) is 0 Å². The highest BCUT2D eigenvalue weighted by Crippen LogP contribution is 2.35. The lowest BCUT2D eigenvalue weighted by atomic mass is 9.99. The highest BCUT2D eigenvalue weighted by Gasteiger charge is 2.23. The number of ketones is 1. The van der Waals surface area contributed by atoms with E-state index in [0.29, 0.717) is 28.1 Å². The first-order valence-electron chi connectivity index (χ1n) is 9.22. The number of hydrogen-bond acceptors (Lipinski definition) is 5. The summed E-state index contributed by atoms with van der Waals surface area (Å²) in [6.07, 6.45) is 4.31. The minimum atomic E-state index is -3.06. The maximum Gasteiger partial charge on any atom is 0.387 e. The van der Waals surface area contributed by atoms with E-state index in [1.165, 1.54) is 6.07 Å². The molecule has 2 N–H and O–H groups in total. The molecule has 10 heteroatoms. The van der Waals surface area contributed by atoms with Crippen LogP contribution in [0.4, 0.5) is 14.5 Å². The number of nitrogens with zero attached hydrogens (tertiary/aromatic N) is 2. The Balaban J connectivity index is 1.75. The molecule has 3 aromatic rings. The Bertz CT molecular complexity index is 1110. The molecule has 0 spiro atoms. The molecule has 1 aromatic heterocycles. The van der Waals surface area contributed by atoms with Gasteiger partial charge in [-0.2, -0.15) is 13.9 Å². The van der Waals surface area contributed by atoms with Gasteiger partial charge in [-0.25, -0.2) is 4.68 Å². The van der Waals surface area contributed by atoms with Crippen LogP contribution >= 0.6 is 23.2 Å². The van der Waals surface area contributed by atoms with E-state index in [4.69, 9.17) is 33.7 Å². The second-order valence-corrected chi connectivity index (χ2v) is 7.68. The van der Waals surface area contributed by atoms with Crippen LogP contribution in [0, 0.1) is 0 Å². The topological polar surface area (TPSA) is 79.4 Å². The Morgan fingerprint density at radius 3 is 2.73 bits per heavy atom. The van der Waals surface area contributed by atoms with Gasteiger partial charge in [0.05, 0.1) is 10.0 Å². The Morgan fingerprint density at radius 1 is 1.23 bits per heavy atom. The average Bonchev–Trinajstić information content (AvgIpc) is 3.17. The van der Waals surface area contributed by atoms with Crippen molar-refractivity contribution in [3.05, 3.63) is 51.6 Å². The fraction of sp³-hybridized carbons (Fsp3) is 0.300. The number of fused-ring (bicyclic) bond motifs is 1. The lowest BCUT2D eigenvalue weighted by Gasteiger charge is -2.22. The van der Waals surface area contributed by atoms with Gasteiger partial charge in [0.25, 0.3) is 0 Å². The number of nitrogens with two attached hydrogens (primary N) is 1. The largest absolute Gasteiger partial charge is 0.433 e. The summed E-state index contributed by atoms with van der Waals surface area (Å²) in [5, 5.41) is 5.28. The van der Waals surface area contributed by atoms with E-state index in [1.807, 2.05) is 0 Å². The normalized spacial score (nSPS) is 16.9. The number of benzene rings is 2. The predicted octanol–water partition coefficient (Wildman–Crippen LogP) is 5.46. The van der Waals surface area contributed by atoms with Gasteiger partial charge < -0.3 is 15.2 Å². The van der Waals surface area contributed by atoms with Gasteiger partial charge in [-0.1, -0.05) is 23.2 Å². The molecule has 1 fully saturated rings. The fourth-order valence-electron chi connectivity index (χ4n) is 3.47. The van der Waals surface area contributed by atoms with Crippen LogP contribution in [0.3, 0.4) is 0 Å². The van der Waals surface area contributed by atoms with Crippen molar-refractivity contribution in [1.29, 1.82) is 0 Å². The molecule has 0 aliphatic carbocycles. The molecule has 1 unspecified atom stereocenters. The number of alkyl halides is 2. The lowest BCUT2D eigenvalue weighted by molar-refractivity contribution is -0.0497. The number of aromatic nitrogens is 2. The number of halogens is 4. The van der Waals surface area contributed by atoms with Crippen LogP contribution in [0.25, 0.3) is 10.9 Å². The molecule has 158 valence electrons. The van der Waals surface area contributed by atoms with E-state index >= 15 is 0 Å². The molecule has 0 radical (unpaired) electrons. The maximum atomic E-state index is 13.2. The van der Waals surface area contributed by atoms with E-state index in [2.05, 4.69) is 9.84 Å². The number of carbonyl (C=O) groups excluding carboxylic acids is 1. The number of nitrogen functional groups attached to an aromatic ring is 1. The Hall–Kier alpha value is -2.42. The number of rotatable bonds is 5. The summed E-state index contributed by atoms with van der Waals surface area (Å²) in [6, 6.07) is 5.46. The minimum absolute atomic E-state index is 0.0360. The molecular formula is C20H17Cl2F2N3O3. The summed E-state index contributed by atoms with van der Waals surface area (Å²) < 4.78 is 36.8. The zero-order valence-corrected chi connectivity index (χ0v) is 17.1. The summed E-state index contributed by atoms with van der Waals surface area (Å²) in [6.45, 7) is -2.42. The standard InChI is InChI=1S/C20H17Cl2F2N3O3/c21-13-5-4-10(12-9-27(26-18(12)13)17-3-1-2-6-29-17)19(28)11-7-14(22)16(8-15(11)25)30-20(23)24/h4-5,7-9,17,20H,1-3,6,25H2. The Labute approximate surface area is 180 Å². The van der Waals surface area contributed by atoms with Gasteiger partial charge in [0, 0.05) is 41.1 Å². The van der Waals surface area contributed by atoms with Crippen LogP contribution in [-0.2, 0) is 4.74 Å².